The molecule has 1 saturated heterocycles. The number of likely N-dealkylation sites (tertiary alicyclic amines) is 1. The number of amides is 1. The van der Waals surface area contributed by atoms with Gasteiger partial charge in [0.1, 0.15) is 11.4 Å². The summed E-state index contributed by atoms with van der Waals surface area (Å²) in [5.41, 5.74) is 8.29. The fourth-order valence-electron chi connectivity index (χ4n) is 4.07. The van der Waals surface area contributed by atoms with E-state index >= 15 is 0 Å². The second-order valence-electron chi connectivity index (χ2n) is 6.79. The molecule has 0 bridgehead atoms. The standard InChI is InChI=1S/C18H21N5O2/c1-25-13-4-7-20-14(9-13)16(24)23-8-2-5-18(11-23)6-3-12-10-21-17(19)22-15(12)18/h4,7,9-10H,2-3,5-6,8,11H2,1H3,(H2,19,21,22). The minimum absolute atomic E-state index is 0.0616. The third-order valence-corrected chi connectivity index (χ3v) is 5.31. The maximum atomic E-state index is 12.9. The number of hydrogen-bond donors (Lipinski definition) is 1. The van der Waals surface area contributed by atoms with Crippen LogP contribution in [0.4, 0.5) is 5.95 Å². The van der Waals surface area contributed by atoms with Crippen molar-refractivity contribution in [2.24, 2.45) is 0 Å². The summed E-state index contributed by atoms with van der Waals surface area (Å²) >= 11 is 0. The summed E-state index contributed by atoms with van der Waals surface area (Å²) in [6, 6.07) is 3.42. The highest BCUT2D eigenvalue weighted by Gasteiger charge is 2.44. The third-order valence-electron chi connectivity index (χ3n) is 5.31. The van der Waals surface area contributed by atoms with E-state index in [1.54, 1.807) is 25.4 Å². The molecule has 1 aliphatic carbocycles. The van der Waals surface area contributed by atoms with E-state index in [9.17, 15) is 4.79 Å². The number of pyridine rings is 1. The maximum Gasteiger partial charge on any atom is 0.272 e. The highest BCUT2D eigenvalue weighted by atomic mass is 16.5. The second-order valence-corrected chi connectivity index (χ2v) is 6.79. The summed E-state index contributed by atoms with van der Waals surface area (Å²) < 4.78 is 5.20. The molecule has 1 spiro atoms. The van der Waals surface area contributed by atoms with Crippen LogP contribution in [0.3, 0.4) is 0 Å². The number of aryl methyl sites for hydroxylation is 1. The van der Waals surface area contributed by atoms with E-state index in [0.717, 1.165) is 43.5 Å². The van der Waals surface area contributed by atoms with Crippen LogP contribution in [0, 0.1) is 0 Å². The fourth-order valence-corrected chi connectivity index (χ4v) is 4.07. The van der Waals surface area contributed by atoms with Crippen LogP contribution in [0.5, 0.6) is 5.75 Å². The summed E-state index contributed by atoms with van der Waals surface area (Å²) in [5.74, 6) is 0.878. The number of nitrogens with zero attached hydrogens (tertiary/aromatic N) is 4. The molecule has 0 saturated carbocycles. The quantitative estimate of drug-likeness (QED) is 0.893. The summed E-state index contributed by atoms with van der Waals surface area (Å²) in [7, 11) is 1.58. The first-order valence-corrected chi connectivity index (χ1v) is 8.52. The summed E-state index contributed by atoms with van der Waals surface area (Å²) in [6.45, 7) is 1.38. The van der Waals surface area contributed by atoms with Gasteiger partial charge in [0.15, 0.2) is 0 Å². The number of carbonyl (C=O) groups excluding carboxylic acids is 1. The summed E-state index contributed by atoms with van der Waals surface area (Å²) in [6.07, 6.45) is 7.32. The Morgan fingerprint density at radius 1 is 1.36 bits per heavy atom. The molecular weight excluding hydrogens is 318 g/mol. The van der Waals surface area contributed by atoms with Crippen molar-refractivity contribution in [1.82, 2.24) is 19.9 Å². The predicted octanol–water partition coefficient (Wildman–Crippen LogP) is 1.58. The largest absolute Gasteiger partial charge is 0.497 e. The number of rotatable bonds is 2. The van der Waals surface area contributed by atoms with Crippen molar-refractivity contribution in [2.75, 3.05) is 25.9 Å². The fraction of sp³-hybridized carbons (Fsp3) is 0.444. The highest BCUT2D eigenvalue weighted by Crippen LogP contribution is 2.44. The Kier molecular flexibility index (Phi) is 3.78. The van der Waals surface area contributed by atoms with Gasteiger partial charge in [0, 0.05) is 37.0 Å². The van der Waals surface area contributed by atoms with Crippen LogP contribution in [0.2, 0.25) is 0 Å². The second kappa shape index (κ2) is 5.98. The van der Waals surface area contributed by atoms with Gasteiger partial charge in [-0.05, 0) is 37.3 Å². The lowest BCUT2D eigenvalue weighted by molar-refractivity contribution is 0.0627. The van der Waals surface area contributed by atoms with Crippen molar-refractivity contribution in [1.29, 1.82) is 0 Å². The Hall–Kier alpha value is -2.70. The Labute approximate surface area is 146 Å². The number of anilines is 1. The zero-order chi connectivity index (χ0) is 17.4. The molecule has 2 N–H and O–H groups in total. The van der Waals surface area contributed by atoms with E-state index in [4.69, 9.17) is 10.5 Å². The van der Waals surface area contributed by atoms with Crippen molar-refractivity contribution in [3.05, 3.63) is 41.5 Å². The molecule has 0 radical (unpaired) electrons. The smallest absolute Gasteiger partial charge is 0.272 e. The molecule has 7 heteroatoms. The van der Waals surface area contributed by atoms with Crippen LogP contribution >= 0.6 is 0 Å². The monoisotopic (exact) mass is 339 g/mol. The molecule has 7 nitrogen and oxygen atoms in total. The van der Waals surface area contributed by atoms with Crippen LogP contribution < -0.4 is 10.5 Å². The lowest BCUT2D eigenvalue weighted by Crippen LogP contribution is -2.48. The molecule has 1 atom stereocenters. The van der Waals surface area contributed by atoms with Crippen molar-refractivity contribution >= 4 is 11.9 Å². The number of piperidine rings is 1. The number of ether oxygens (including phenoxy) is 1. The summed E-state index contributed by atoms with van der Waals surface area (Å²) in [4.78, 5) is 27.7. The summed E-state index contributed by atoms with van der Waals surface area (Å²) in [5, 5.41) is 0. The Morgan fingerprint density at radius 2 is 2.24 bits per heavy atom. The van der Waals surface area contributed by atoms with Crippen LogP contribution in [0.15, 0.2) is 24.5 Å². The van der Waals surface area contributed by atoms with E-state index in [2.05, 4.69) is 15.0 Å². The predicted molar refractivity (Wildman–Crippen MR) is 92.4 cm³/mol. The van der Waals surface area contributed by atoms with Gasteiger partial charge >= 0.3 is 0 Å². The molecule has 1 amide bonds. The van der Waals surface area contributed by atoms with Gasteiger partial charge in [-0.2, -0.15) is 0 Å². The van der Waals surface area contributed by atoms with E-state index in [0.29, 0.717) is 23.9 Å². The molecule has 130 valence electrons. The number of fused-ring (bicyclic) bond motifs is 2. The lowest BCUT2D eigenvalue weighted by Gasteiger charge is -2.40. The van der Waals surface area contributed by atoms with Gasteiger partial charge in [-0.3, -0.25) is 9.78 Å². The number of aromatic nitrogens is 3. The van der Waals surface area contributed by atoms with Crippen LogP contribution in [0.25, 0.3) is 0 Å². The molecule has 1 unspecified atom stereocenters. The maximum absolute atomic E-state index is 12.9. The molecule has 2 aromatic rings. The first kappa shape index (κ1) is 15.8. The zero-order valence-electron chi connectivity index (χ0n) is 14.2. The number of hydrogen-bond acceptors (Lipinski definition) is 6. The van der Waals surface area contributed by atoms with Crippen LogP contribution in [0.1, 0.15) is 41.0 Å². The van der Waals surface area contributed by atoms with Gasteiger partial charge in [-0.15, -0.1) is 0 Å². The van der Waals surface area contributed by atoms with Gasteiger partial charge in [0.25, 0.3) is 5.91 Å². The SMILES string of the molecule is COc1ccnc(C(=O)N2CCCC3(CCc4cnc(N)nc43)C2)c1. The number of carbonyl (C=O) groups is 1. The number of nitrogen functional groups attached to an aromatic ring is 1. The molecule has 0 aromatic carbocycles. The number of nitrogens with two attached hydrogens (primary N) is 1. The van der Waals surface area contributed by atoms with Crippen molar-refractivity contribution in [3.63, 3.8) is 0 Å². The first-order chi connectivity index (χ1) is 12.1. The highest BCUT2D eigenvalue weighted by molar-refractivity contribution is 5.92. The molecule has 2 aliphatic rings. The molecule has 3 heterocycles. The molecule has 1 fully saturated rings. The minimum atomic E-state index is -0.112. The molecule has 1 aliphatic heterocycles. The van der Waals surface area contributed by atoms with Gasteiger partial charge in [0.05, 0.1) is 12.8 Å². The zero-order valence-corrected chi connectivity index (χ0v) is 14.2. The van der Waals surface area contributed by atoms with E-state index in [1.807, 2.05) is 11.1 Å². The lowest BCUT2D eigenvalue weighted by atomic mass is 9.77. The Bertz CT molecular complexity index is 821. The third kappa shape index (κ3) is 2.69. The van der Waals surface area contributed by atoms with Crippen LogP contribution in [-0.2, 0) is 11.8 Å². The molecule has 4 rings (SSSR count). The van der Waals surface area contributed by atoms with E-state index < -0.39 is 0 Å². The average molecular weight is 339 g/mol. The number of methoxy groups -OCH3 is 1. The average Bonchev–Trinajstić information content (AvgIpc) is 2.98. The molecule has 2 aromatic heterocycles. The van der Waals surface area contributed by atoms with Gasteiger partial charge < -0.3 is 15.4 Å². The molecular formula is C18H21N5O2. The minimum Gasteiger partial charge on any atom is -0.497 e. The topological polar surface area (TPSA) is 94.2 Å². The van der Waals surface area contributed by atoms with Gasteiger partial charge in [-0.25, -0.2) is 9.97 Å². The van der Waals surface area contributed by atoms with Crippen molar-refractivity contribution in [2.45, 2.75) is 31.1 Å². The van der Waals surface area contributed by atoms with Gasteiger partial charge in [0.2, 0.25) is 5.95 Å². The van der Waals surface area contributed by atoms with Crippen molar-refractivity contribution < 1.29 is 9.53 Å². The van der Waals surface area contributed by atoms with E-state index in [-0.39, 0.29) is 11.3 Å². The Balaban J connectivity index is 1.62. The molecule has 25 heavy (non-hydrogen) atoms. The first-order valence-electron chi connectivity index (χ1n) is 8.52. The normalized spacial score (nSPS) is 22.0. The Morgan fingerprint density at radius 3 is 3.08 bits per heavy atom. The van der Waals surface area contributed by atoms with Gasteiger partial charge in [-0.1, -0.05) is 0 Å². The van der Waals surface area contributed by atoms with Crippen molar-refractivity contribution in [3.8, 4) is 5.75 Å². The van der Waals surface area contributed by atoms with Crippen LogP contribution in [-0.4, -0.2) is 46.0 Å². The van der Waals surface area contributed by atoms with E-state index in [1.165, 1.54) is 0 Å².